The number of hydrogen-bond acceptors (Lipinski definition) is 6. The second kappa shape index (κ2) is 8.32. The molecule has 1 aromatic heterocycles. The zero-order valence-electron chi connectivity index (χ0n) is 15.0. The van der Waals surface area contributed by atoms with Crippen LogP contribution in [0.2, 0.25) is 0 Å². The molecule has 0 aliphatic carbocycles. The fourth-order valence-electron chi connectivity index (χ4n) is 2.71. The Balaban J connectivity index is 1.66. The number of aromatic nitrogens is 1. The summed E-state index contributed by atoms with van der Waals surface area (Å²) in [5.74, 6) is -0.0315. The molecule has 8 nitrogen and oxygen atoms in total. The van der Waals surface area contributed by atoms with Crippen molar-refractivity contribution >= 4 is 35.0 Å². The molecule has 0 unspecified atom stereocenters. The van der Waals surface area contributed by atoms with Gasteiger partial charge >= 0.3 is 12.1 Å². The molecule has 4 N–H and O–H groups in total. The van der Waals surface area contributed by atoms with Gasteiger partial charge in [0.05, 0.1) is 19.1 Å². The largest absolute Gasteiger partial charge is 0.447 e. The smallest absolute Gasteiger partial charge is 0.404 e. The van der Waals surface area contributed by atoms with Crippen LogP contribution in [0.4, 0.5) is 29.9 Å². The van der Waals surface area contributed by atoms with E-state index in [-0.39, 0.29) is 25.5 Å². The van der Waals surface area contributed by atoms with Crippen molar-refractivity contribution in [1.29, 1.82) is 0 Å². The fraction of sp³-hybridized carbons (Fsp3) is 0.278. The van der Waals surface area contributed by atoms with Crippen LogP contribution in [0.5, 0.6) is 0 Å². The summed E-state index contributed by atoms with van der Waals surface area (Å²) in [5.41, 5.74) is 6.24. The number of nitrogens with two attached hydrogens (primary N) is 1. The Morgan fingerprint density at radius 3 is 2.62 bits per heavy atom. The lowest BCUT2D eigenvalue weighted by Crippen LogP contribution is -2.56. The number of primary amides is 1. The number of benzene rings is 1. The van der Waals surface area contributed by atoms with Gasteiger partial charge in [0.1, 0.15) is 12.4 Å². The molecule has 152 valence electrons. The van der Waals surface area contributed by atoms with Crippen LogP contribution in [0.1, 0.15) is 16.6 Å². The summed E-state index contributed by atoms with van der Waals surface area (Å²) in [6, 6.07) is 5.30. The van der Waals surface area contributed by atoms with Crippen molar-refractivity contribution in [2.75, 3.05) is 29.9 Å². The van der Waals surface area contributed by atoms with E-state index in [1.54, 1.807) is 29.6 Å². The van der Waals surface area contributed by atoms with E-state index >= 15 is 0 Å². The molecule has 3 amide bonds. The van der Waals surface area contributed by atoms with Gasteiger partial charge in [-0.05, 0) is 23.6 Å². The van der Waals surface area contributed by atoms with Crippen molar-refractivity contribution in [2.45, 2.75) is 12.0 Å². The van der Waals surface area contributed by atoms with Gasteiger partial charge in [-0.3, -0.25) is 5.32 Å². The van der Waals surface area contributed by atoms with Gasteiger partial charge in [0.15, 0.2) is 5.01 Å². The van der Waals surface area contributed by atoms with E-state index in [4.69, 9.17) is 16.9 Å². The Labute approximate surface area is 169 Å². The number of anilines is 2. The standard InChI is InChI=1S/C18H17F2N5O3S/c1-2-15-23-14(8-29-15)24-17(27)22-13(7-28-16(21)26)11-3-5-12(6-4-11)25-9-18(19,20)10-25/h1,3-6,8,13H,7,9-10H2,(H2,21,26)(H2,22,24,27)/t13-/m0/s1. The number of nitrogens with one attached hydrogen (secondary N) is 2. The number of hydrogen-bond donors (Lipinski definition) is 3. The molecular weight excluding hydrogens is 404 g/mol. The molecule has 1 aliphatic heterocycles. The van der Waals surface area contributed by atoms with E-state index in [0.717, 1.165) is 0 Å². The van der Waals surface area contributed by atoms with Crippen LogP contribution < -0.4 is 21.3 Å². The number of halogens is 2. The number of nitrogens with zero attached hydrogens (tertiary/aromatic N) is 2. The molecule has 2 aromatic rings. The summed E-state index contributed by atoms with van der Waals surface area (Å²) < 4.78 is 30.9. The van der Waals surface area contributed by atoms with Gasteiger partial charge in [-0.2, -0.15) is 0 Å². The maximum atomic E-state index is 13.0. The Hall–Kier alpha value is -3.39. The van der Waals surface area contributed by atoms with Crippen LogP contribution >= 0.6 is 11.3 Å². The first kappa shape index (κ1) is 20.3. The third-order valence-corrected chi connectivity index (χ3v) is 4.85. The number of terminal acetylenes is 1. The predicted octanol–water partition coefficient (Wildman–Crippen LogP) is 2.54. The molecule has 0 saturated carbocycles. The molecule has 1 aromatic carbocycles. The maximum Gasteiger partial charge on any atom is 0.404 e. The van der Waals surface area contributed by atoms with Crippen LogP contribution in [0.15, 0.2) is 29.6 Å². The molecule has 0 spiro atoms. The monoisotopic (exact) mass is 421 g/mol. The molecule has 11 heteroatoms. The minimum atomic E-state index is -2.68. The molecule has 0 bridgehead atoms. The highest BCUT2D eigenvalue weighted by molar-refractivity contribution is 7.10. The van der Waals surface area contributed by atoms with Gasteiger partial charge in [0, 0.05) is 11.1 Å². The molecule has 2 heterocycles. The van der Waals surface area contributed by atoms with Gasteiger partial charge < -0.3 is 20.7 Å². The normalized spacial score (nSPS) is 15.6. The second-order valence-electron chi connectivity index (χ2n) is 6.27. The summed E-state index contributed by atoms with van der Waals surface area (Å²) in [7, 11) is 0. The van der Waals surface area contributed by atoms with Crippen molar-refractivity contribution < 1.29 is 23.1 Å². The van der Waals surface area contributed by atoms with Crippen LogP contribution in [0.3, 0.4) is 0 Å². The van der Waals surface area contributed by atoms with Gasteiger partial charge in [-0.25, -0.2) is 23.4 Å². The number of amides is 3. The van der Waals surface area contributed by atoms with E-state index in [0.29, 0.717) is 16.3 Å². The number of thiazole rings is 1. The Morgan fingerprint density at radius 2 is 2.07 bits per heavy atom. The average Bonchev–Trinajstić information content (AvgIpc) is 3.10. The number of carbonyl (C=O) groups is 2. The molecular formula is C18H17F2N5O3S. The molecule has 1 saturated heterocycles. The summed E-state index contributed by atoms with van der Waals surface area (Å²) in [5, 5.41) is 7.18. The van der Waals surface area contributed by atoms with E-state index in [9.17, 15) is 18.4 Å². The quantitative estimate of drug-likeness (QED) is 0.621. The Bertz CT molecular complexity index is 934. The zero-order chi connectivity index (χ0) is 21.0. The maximum absolute atomic E-state index is 13.0. The highest BCUT2D eigenvalue weighted by Gasteiger charge is 2.43. The molecule has 29 heavy (non-hydrogen) atoms. The first-order chi connectivity index (χ1) is 13.8. The third-order valence-electron chi connectivity index (χ3n) is 4.07. The number of ether oxygens (including phenoxy) is 1. The van der Waals surface area contributed by atoms with Crippen LogP contribution in [-0.2, 0) is 4.74 Å². The fourth-order valence-corrected chi connectivity index (χ4v) is 3.26. The van der Waals surface area contributed by atoms with Gasteiger partial charge in [0.25, 0.3) is 5.92 Å². The molecule has 0 radical (unpaired) electrons. The van der Waals surface area contributed by atoms with Gasteiger partial charge in [-0.15, -0.1) is 17.8 Å². The third kappa shape index (κ3) is 5.32. The van der Waals surface area contributed by atoms with Crippen molar-refractivity contribution in [3.8, 4) is 12.3 Å². The molecule has 1 fully saturated rings. The number of rotatable bonds is 6. The first-order valence-corrected chi connectivity index (χ1v) is 9.28. The SMILES string of the molecule is C#Cc1nc(NC(=O)N[C@@H](COC(N)=O)c2ccc(N3CC(F)(F)C3)cc2)cs1. The van der Waals surface area contributed by atoms with E-state index in [1.807, 2.05) is 0 Å². The molecule has 3 rings (SSSR count). The summed E-state index contributed by atoms with van der Waals surface area (Å²) in [4.78, 5) is 28.8. The lowest BCUT2D eigenvalue weighted by atomic mass is 10.0. The molecule has 1 aliphatic rings. The minimum Gasteiger partial charge on any atom is -0.447 e. The summed E-state index contributed by atoms with van der Waals surface area (Å²) in [6.07, 6.45) is 4.25. The topological polar surface area (TPSA) is 110 Å². The van der Waals surface area contributed by atoms with Crippen molar-refractivity contribution in [2.24, 2.45) is 5.73 Å². The Kier molecular flexibility index (Phi) is 5.84. The number of urea groups is 1. The lowest BCUT2D eigenvalue weighted by molar-refractivity contribution is -0.0262. The van der Waals surface area contributed by atoms with Gasteiger partial charge in [0.2, 0.25) is 0 Å². The minimum absolute atomic E-state index is 0.212. The highest BCUT2D eigenvalue weighted by atomic mass is 32.1. The van der Waals surface area contributed by atoms with Gasteiger partial charge in [-0.1, -0.05) is 12.1 Å². The highest BCUT2D eigenvalue weighted by Crippen LogP contribution is 2.32. The Morgan fingerprint density at radius 1 is 1.38 bits per heavy atom. The first-order valence-electron chi connectivity index (χ1n) is 8.40. The lowest BCUT2D eigenvalue weighted by Gasteiger charge is -2.40. The molecule has 1 atom stereocenters. The van der Waals surface area contributed by atoms with E-state index in [1.165, 1.54) is 16.2 Å². The van der Waals surface area contributed by atoms with Crippen molar-refractivity contribution in [3.63, 3.8) is 0 Å². The summed E-state index contributed by atoms with van der Waals surface area (Å²) in [6.45, 7) is -0.889. The number of alkyl halides is 2. The van der Waals surface area contributed by atoms with Crippen LogP contribution in [-0.4, -0.2) is 42.7 Å². The van der Waals surface area contributed by atoms with Crippen LogP contribution in [0, 0.1) is 12.3 Å². The predicted molar refractivity (Wildman–Crippen MR) is 104 cm³/mol. The summed E-state index contributed by atoms with van der Waals surface area (Å²) >= 11 is 1.20. The van der Waals surface area contributed by atoms with Crippen molar-refractivity contribution in [3.05, 3.63) is 40.2 Å². The zero-order valence-corrected chi connectivity index (χ0v) is 15.8. The van der Waals surface area contributed by atoms with E-state index in [2.05, 4.69) is 21.5 Å². The van der Waals surface area contributed by atoms with Crippen molar-refractivity contribution in [1.82, 2.24) is 10.3 Å². The van der Waals surface area contributed by atoms with Crippen LogP contribution in [0.25, 0.3) is 0 Å². The second-order valence-corrected chi connectivity index (χ2v) is 7.12. The van der Waals surface area contributed by atoms with E-state index < -0.39 is 24.1 Å². The number of carbonyl (C=O) groups excluding carboxylic acids is 2. The average molecular weight is 421 g/mol.